The van der Waals surface area contributed by atoms with Crippen LogP contribution in [0.15, 0.2) is 0 Å². The first-order valence-corrected chi connectivity index (χ1v) is 6.52. The van der Waals surface area contributed by atoms with Crippen LogP contribution in [0, 0.1) is 0 Å². The molecule has 0 spiro atoms. The van der Waals surface area contributed by atoms with E-state index in [4.69, 9.17) is 0 Å². The molecule has 1 fully saturated rings. The van der Waals surface area contributed by atoms with E-state index in [1.807, 2.05) is 0 Å². The van der Waals surface area contributed by atoms with Crippen molar-refractivity contribution in [3.05, 3.63) is 0 Å². The SMILES string of the molecule is CN(CCNC(C)(C)C)CC1CCCN1C. The molecular formula is C13H29N3. The van der Waals surface area contributed by atoms with Crippen LogP contribution in [0.5, 0.6) is 0 Å². The minimum Gasteiger partial charge on any atom is -0.311 e. The molecule has 16 heavy (non-hydrogen) atoms. The van der Waals surface area contributed by atoms with Crippen LogP contribution < -0.4 is 5.32 Å². The Bertz CT molecular complexity index is 198. The highest BCUT2D eigenvalue weighted by Gasteiger charge is 2.21. The van der Waals surface area contributed by atoms with Gasteiger partial charge in [-0.1, -0.05) is 0 Å². The van der Waals surface area contributed by atoms with Crippen LogP contribution in [0.25, 0.3) is 0 Å². The van der Waals surface area contributed by atoms with Gasteiger partial charge < -0.3 is 15.1 Å². The minimum absolute atomic E-state index is 0.241. The van der Waals surface area contributed by atoms with Crippen molar-refractivity contribution in [1.82, 2.24) is 15.1 Å². The summed E-state index contributed by atoms with van der Waals surface area (Å²) in [5.41, 5.74) is 0.241. The zero-order chi connectivity index (χ0) is 12.2. The Morgan fingerprint density at radius 1 is 1.38 bits per heavy atom. The van der Waals surface area contributed by atoms with E-state index < -0.39 is 0 Å². The van der Waals surface area contributed by atoms with Crippen molar-refractivity contribution >= 4 is 0 Å². The Hall–Kier alpha value is -0.120. The van der Waals surface area contributed by atoms with Crippen molar-refractivity contribution in [2.45, 2.75) is 45.2 Å². The molecule has 0 aromatic rings. The molecule has 1 aliphatic heterocycles. The summed E-state index contributed by atoms with van der Waals surface area (Å²) < 4.78 is 0. The van der Waals surface area contributed by atoms with E-state index >= 15 is 0 Å². The van der Waals surface area contributed by atoms with Crippen molar-refractivity contribution < 1.29 is 0 Å². The molecule has 1 aliphatic rings. The Labute approximate surface area is 101 Å². The first-order valence-electron chi connectivity index (χ1n) is 6.52. The lowest BCUT2D eigenvalue weighted by Gasteiger charge is -2.27. The zero-order valence-electron chi connectivity index (χ0n) is 11.7. The Morgan fingerprint density at radius 2 is 2.06 bits per heavy atom. The van der Waals surface area contributed by atoms with Gasteiger partial charge in [-0.05, 0) is 54.3 Å². The molecule has 0 saturated carbocycles. The summed E-state index contributed by atoms with van der Waals surface area (Å²) in [5.74, 6) is 0. The van der Waals surface area contributed by atoms with E-state index in [-0.39, 0.29) is 5.54 Å². The number of nitrogens with one attached hydrogen (secondary N) is 1. The molecule has 0 radical (unpaired) electrons. The van der Waals surface area contributed by atoms with E-state index in [0.29, 0.717) is 0 Å². The molecular weight excluding hydrogens is 198 g/mol. The molecule has 3 nitrogen and oxygen atoms in total. The predicted molar refractivity (Wildman–Crippen MR) is 70.9 cm³/mol. The topological polar surface area (TPSA) is 18.5 Å². The summed E-state index contributed by atoms with van der Waals surface area (Å²) in [6.07, 6.45) is 2.74. The van der Waals surface area contributed by atoms with E-state index in [9.17, 15) is 0 Å². The molecule has 1 rings (SSSR count). The normalized spacial score (nSPS) is 23.2. The zero-order valence-corrected chi connectivity index (χ0v) is 11.7. The van der Waals surface area contributed by atoms with E-state index in [2.05, 4.69) is 50.0 Å². The first-order chi connectivity index (χ1) is 7.38. The third-order valence-corrected chi connectivity index (χ3v) is 3.34. The third-order valence-electron chi connectivity index (χ3n) is 3.34. The van der Waals surface area contributed by atoms with Crippen molar-refractivity contribution in [1.29, 1.82) is 0 Å². The van der Waals surface area contributed by atoms with Gasteiger partial charge >= 0.3 is 0 Å². The maximum Gasteiger partial charge on any atom is 0.0220 e. The molecule has 1 heterocycles. The van der Waals surface area contributed by atoms with E-state index in [0.717, 1.165) is 19.1 Å². The van der Waals surface area contributed by atoms with Crippen LogP contribution in [-0.2, 0) is 0 Å². The summed E-state index contributed by atoms with van der Waals surface area (Å²) in [6, 6.07) is 0.777. The fourth-order valence-corrected chi connectivity index (χ4v) is 2.28. The molecule has 96 valence electrons. The Morgan fingerprint density at radius 3 is 2.56 bits per heavy atom. The second-order valence-electron chi connectivity index (χ2n) is 6.22. The van der Waals surface area contributed by atoms with Crippen LogP contribution >= 0.6 is 0 Å². The predicted octanol–water partition coefficient (Wildman–Crippen LogP) is 1.40. The summed E-state index contributed by atoms with van der Waals surface area (Å²) in [4.78, 5) is 4.94. The van der Waals surface area contributed by atoms with Crippen LogP contribution in [0.2, 0.25) is 0 Å². The van der Waals surface area contributed by atoms with Crippen molar-refractivity contribution in [2.24, 2.45) is 0 Å². The summed E-state index contributed by atoms with van der Waals surface area (Å²) in [6.45, 7) is 11.4. The number of hydrogen-bond donors (Lipinski definition) is 1. The van der Waals surface area contributed by atoms with Gasteiger partial charge in [-0.15, -0.1) is 0 Å². The molecule has 0 aromatic carbocycles. The molecule has 3 heteroatoms. The van der Waals surface area contributed by atoms with Crippen LogP contribution in [-0.4, -0.2) is 61.7 Å². The van der Waals surface area contributed by atoms with Crippen molar-refractivity contribution in [3.63, 3.8) is 0 Å². The fourth-order valence-electron chi connectivity index (χ4n) is 2.28. The second-order valence-corrected chi connectivity index (χ2v) is 6.22. The van der Waals surface area contributed by atoms with Crippen LogP contribution in [0.3, 0.4) is 0 Å². The maximum absolute atomic E-state index is 3.53. The van der Waals surface area contributed by atoms with Gasteiger partial charge in [-0.25, -0.2) is 0 Å². The highest BCUT2D eigenvalue weighted by Crippen LogP contribution is 2.15. The van der Waals surface area contributed by atoms with Gasteiger partial charge in [-0.2, -0.15) is 0 Å². The second kappa shape index (κ2) is 5.99. The van der Waals surface area contributed by atoms with Gasteiger partial charge in [0, 0.05) is 31.2 Å². The van der Waals surface area contributed by atoms with Crippen molar-refractivity contribution in [3.8, 4) is 0 Å². The summed E-state index contributed by atoms with van der Waals surface area (Å²) in [7, 11) is 4.48. The highest BCUT2D eigenvalue weighted by atomic mass is 15.2. The number of rotatable bonds is 5. The monoisotopic (exact) mass is 227 g/mol. The van der Waals surface area contributed by atoms with Gasteiger partial charge in [0.05, 0.1) is 0 Å². The third kappa shape index (κ3) is 5.28. The van der Waals surface area contributed by atoms with Crippen LogP contribution in [0.4, 0.5) is 0 Å². The molecule has 1 N–H and O–H groups in total. The quantitative estimate of drug-likeness (QED) is 0.766. The van der Waals surface area contributed by atoms with Crippen molar-refractivity contribution in [2.75, 3.05) is 40.3 Å². The molecule has 0 aliphatic carbocycles. The van der Waals surface area contributed by atoms with Gasteiger partial charge in [-0.3, -0.25) is 0 Å². The van der Waals surface area contributed by atoms with E-state index in [1.54, 1.807) is 0 Å². The standard InChI is InChI=1S/C13H29N3/c1-13(2,3)14-8-10-15(4)11-12-7-6-9-16(12)5/h12,14H,6-11H2,1-5H3. The first kappa shape index (κ1) is 13.9. The average molecular weight is 227 g/mol. The molecule has 0 amide bonds. The average Bonchev–Trinajstić information content (AvgIpc) is 2.49. The van der Waals surface area contributed by atoms with E-state index in [1.165, 1.54) is 25.9 Å². The summed E-state index contributed by atoms with van der Waals surface area (Å²) >= 11 is 0. The number of hydrogen-bond acceptors (Lipinski definition) is 3. The lowest BCUT2D eigenvalue weighted by molar-refractivity contribution is 0.216. The number of likely N-dealkylation sites (N-methyl/N-ethyl adjacent to an activating group) is 2. The molecule has 0 aromatic heterocycles. The molecule has 0 bridgehead atoms. The van der Waals surface area contributed by atoms with Gasteiger partial charge in [0.15, 0.2) is 0 Å². The highest BCUT2D eigenvalue weighted by molar-refractivity contribution is 4.79. The van der Waals surface area contributed by atoms with Crippen LogP contribution in [0.1, 0.15) is 33.6 Å². The minimum atomic E-state index is 0.241. The van der Waals surface area contributed by atoms with Gasteiger partial charge in [0.1, 0.15) is 0 Å². The lowest BCUT2D eigenvalue weighted by Crippen LogP contribution is -2.43. The fraction of sp³-hybridized carbons (Fsp3) is 1.00. The largest absolute Gasteiger partial charge is 0.311 e. The molecule has 1 atom stereocenters. The molecule has 1 saturated heterocycles. The smallest absolute Gasteiger partial charge is 0.0220 e. The number of likely N-dealkylation sites (tertiary alicyclic amines) is 1. The Balaban J connectivity index is 2.13. The van der Waals surface area contributed by atoms with Gasteiger partial charge in [0.2, 0.25) is 0 Å². The maximum atomic E-state index is 3.53. The summed E-state index contributed by atoms with van der Waals surface area (Å²) in [5, 5.41) is 3.53. The van der Waals surface area contributed by atoms with Gasteiger partial charge in [0.25, 0.3) is 0 Å². The molecule has 1 unspecified atom stereocenters. The Kier molecular flexibility index (Phi) is 5.22. The number of nitrogens with zero attached hydrogens (tertiary/aromatic N) is 2. The lowest BCUT2D eigenvalue weighted by atomic mass is 10.1.